The third-order valence-electron chi connectivity index (χ3n) is 6.03. The molecule has 152 valence electrons. The van der Waals surface area contributed by atoms with E-state index in [2.05, 4.69) is 53.1 Å². The van der Waals surface area contributed by atoms with Crippen LogP contribution in [0.4, 0.5) is 0 Å². The lowest BCUT2D eigenvalue weighted by atomic mass is 10.1. The lowest BCUT2D eigenvalue weighted by molar-refractivity contribution is 0.355. The molecule has 1 aliphatic rings. The predicted octanol–water partition coefficient (Wildman–Crippen LogP) is 5.43. The van der Waals surface area contributed by atoms with Gasteiger partial charge in [-0.05, 0) is 80.8 Å². The molecule has 2 aromatic heterocycles. The van der Waals surface area contributed by atoms with Crippen molar-refractivity contribution in [3.63, 3.8) is 0 Å². The minimum Gasteiger partial charge on any atom is -0.457 e. The smallest absolute Gasteiger partial charge is 0.130 e. The second kappa shape index (κ2) is 7.92. The molecular formula is C25H26N4O. The average molecular weight is 399 g/mol. The van der Waals surface area contributed by atoms with Gasteiger partial charge < -0.3 is 10.1 Å². The minimum absolute atomic E-state index is 0.379. The van der Waals surface area contributed by atoms with E-state index < -0.39 is 0 Å². The van der Waals surface area contributed by atoms with Crippen molar-refractivity contribution in [2.75, 3.05) is 13.1 Å². The molecule has 1 aliphatic heterocycles. The highest BCUT2D eigenvalue weighted by Crippen LogP contribution is 2.33. The number of benzene rings is 2. The van der Waals surface area contributed by atoms with Gasteiger partial charge in [-0.3, -0.25) is 9.67 Å². The van der Waals surface area contributed by atoms with E-state index in [1.54, 1.807) is 0 Å². The first-order valence-electron chi connectivity index (χ1n) is 10.6. The lowest BCUT2D eigenvalue weighted by Gasteiger charge is -2.23. The maximum atomic E-state index is 6.12. The molecular weight excluding hydrogens is 372 g/mol. The summed E-state index contributed by atoms with van der Waals surface area (Å²) < 4.78 is 8.30. The number of aryl methyl sites for hydroxylation is 1. The fraction of sp³-hybridized carbons (Fsp3) is 0.280. The van der Waals surface area contributed by atoms with E-state index in [4.69, 9.17) is 9.84 Å². The van der Waals surface area contributed by atoms with Crippen LogP contribution in [0.5, 0.6) is 11.5 Å². The van der Waals surface area contributed by atoms with Gasteiger partial charge in [0.2, 0.25) is 0 Å². The van der Waals surface area contributed by atoms with Crippen molar-refractivity contribution in [2.45, 2.75) is 32.7 Å². The van der Waals surface area contributed by atoms with E-state index in [0.29, 0.717) is 6.04 Å². The molecule has 0 radical (unpaired) electrons. The first-order valence-corrected chi connectivity index (χ1v) is 10.6. The summed E-state index contributed by atoms with van der Waals surface area (Å²) in [4.78, 5) is 4.36. The Kier molecular flexibility index (Phi) is 4.97. The number of hydrogen-bond donors (Lipinski definition) is 1. The second-order valence-electron chi connectivity index (χ2n) is 8.01. The van der Waals surface area contributed by atoms with Crippen molar-refractivity contribution < 1.29 is 4.74 Å². The van der Waals surface area contributed by atoms with E-state index >= 15 is 0 Å². The average Bonchev–Trinajstić information content (AvgIpc) is 3.18. The topological polar surface area (TPSA) is 52.0 Å². The summed E-state index contributed by atoms with van der Waals surface area (Å²) in [6, 6.07) is 16.8. The Labute approximate surface area is 176 Å². The molecule has 0 bridgehead atoms. The number of rotatable bonds is 4. The molecule has 1 unspecified atom stereocenters. The van der Waals surface area contributed by atoms with Crippen LogP contribution in [0.3, 0.4) is 0 Å². The Morgan fingerprint density at radius 3 is 2.73 bits per heavy atom. The fourth-order valence-corrected chi connectivity index (χ4v) is 4.16. The quantitative estimate of drug-likeness (QED) is 0.498. The number of aromatic nitrogens is 3. The molecule has 0 spiro atoms. The number of hydrogen-bond acceptors (Lipinski definition) is 4. The number of piperidine rings is 1. The van der Waals surface area contributed by atoms with Crippen LogP contribution in [0.2, 0.25) is 0 Å². The number of nitrogens with one attached hydrogen (secondary N) is 1. The van der Waals surface area contributed by atoms with Crippen LogP contribution in [-0.4, -0.2) is 27.9 Å². The SMILES string of the molecule is Cc1cccc(Oc2ccc(-c3nn(C4CCCNC4)c4ccncc34)cc2)c1C. The largest absolute Gasteiger partial charge is 0.457 e. The zero-order valence-electron chi connectivity index (χ0n) is 17.4. The Morgan fingerprint density at radius 2 is 1.93 bits per heavy atom. The van der Waals surface area contributed by atoms with E-state index in [0.717, 1.165) is 53.2 Å². The molecule has 5 rings (SSSR count). The van der Waals surface area contributed by atoms with E-state index in [1.165, 1.54) is 17.5 Å². The Morgan fingerprint density at radius 1 is 1.07 bits per heavy atom. The third kappa shape index (κ3) is 3.46. The van der Waals surface area contributed by atoms with Gasteiger partial charge in [-0.2, -0.15) is 5.10 Å². The standard InChI is InChI=1S/C25H26N4O/c1-17-5-3-7-24(18(17)2)30-21-10-8-19(9-11-21)25-22-16-27-14-12-23(22)29(28-25)20-6-4-13-26-15-20/h3,5,7-12,14,16,20,26H,4,6,13,15H2,1-2H3. The van der Waals surface area contributed by atoms with Gasteiger partial charge in [-0.25, -0.2) is 0 Å². The summed E-state index contributed by atoms with van der Waals surface area (Å²) in [7, 11) is 0. The number of nitrogens with zero attached hydrogens (tertiary/aromatic N) is 3. The molecule has 0 aliphatic carbocycles. The van der Waals surface area contributed by atoms with Crippen LogP contribution in [0.25, 0.3) is 22.2 Å². The van der Waals surface area contributed by atoms with Crippen molar-refractivity contribution in [1.82, 2.24) is 20.1 Å². The van der Waals surface area contributed by atoms with Gasteiger partial charge in [-0.15, -0.1) is 0 Å². The van der Waals surface area contributed by atoms with Crippen LogP contribution in [0.1, 0.15) is 30.0 Å². The fourth-order valence-electron chi connectivity index (χ4n) is 4.16. The molecule has 3 heterocycles. The van der Waals surface area contributed by atoms with Crippen LogP contribution >= 0.6 is 0 Å². The summed E-state index contributed by atoms with van der Waals surface area (Å²) in [6.45, 7) is 6.24. The van der Waals surface area contributed by atoms with E-state index in [-0.39, 0.29) is 0 Å². The van der Waals surface area contributed by atoms with Crippen LogP contribution in [-0.2, 0) is 0 Å². The van der Waals surface area contributed by atoms with Gasteiger partial charge in [0, 0.05) is 29.9 Å². The van der Waals surface area contributed by atoms with Gasteiger partial charge in [0.15, 0.2) is 0 Å². The van der Waals surface area contributed by atoms with Crippen molar-refractivity contribution in [1.29, 1.82) is 0 Å². The molecule has 0 amide bonds. The molecule has 5 nitrogen and oxygen atoms in total. The summed E-state index contributed by atoms with van der Waals surface area (Å²) in [5.74, 6) is 1.72. The number of fused-ring (bicyclic) bond motifs is 1. The maximum absolute atomic E-state index is 6.12. The Bertz CT molecular complexity index is 1170. The second-order valence-corrected chi connectivity index (χ2v) is 8.01. The van der Waals surface area contributed by atoms with Crippen LogP contribution in [0.15, 0.2) is 60.9 Å². The molecule has 1 N–H and O–H groups in total. The first-order chi connectivity index (χ1) is 14.7. The Balaban J connectivity index is 1.48. The van der Waals surface area contributed by atoms with Gasteiger partial charge in [0.25, 0.3) is 0 Å². The number of pyridine rings is 1. The van der Waals surface area contributed by atoms with Gasteiger partial charge in [0.1, 0.15) is 17.2 Å². The van der Waals surface area contributed by atoms with Crippen molar-refractivity contribution in [3.8, 4) is 22.8 Å². The van der Waals surface area contributed by atoms with Crippen LogP contribution in [0, 0.1) is 13.8 Å². The summed E-state index contributed by atoms with van der Waals surface area (Å²) in [5, 5.41) is 9.60. The zero-order chi connectivity index (χ0) is 20.5. The molecule has 1 fully saturated rings. The van der Waals surface area contributed by atoms with Crippen molar-refractivity contribution in [3.05, 3.63) is 72.1 Å². The van der Waals surface area contributed by atoms with Gasteiger partial charge in [0.05, 0.1) is 11.6 Å². The van der Waals surface area contributed by atoms with Gasteiger partial charge >= 0.3 is 0 Å². The molecule has 30 heavy (non-hydrogen) atoms. The van der Waals surface area contributed by atoms with Gasteiger partial charge in [-0.1, -0.05) is 12.1 Å². The minimum atomic E-state index is 0.379. The first kappa shape index (κ1) is 18.8. The molecule has 1 atom stereocenters. The van der Waals surface area contributed by atoms with Crippen molar-refractivity contribution in [2.24, 2.45) is 0 Å². The summed E-state index contributed by atoms with van der Waals surface area (Å²) >= 11 is 0. The van der Waals surface area contributed by atoms with Crippen molar-refractivity contribution >= 4 is 10.9 Å². The normalized spacial score (nSPS) is 16.7. The summed E-state index contributed by atoms with van der Waals surface area (Å²) in [6.07, 6.45) is 6.09. The third-order valence-corrected chi connectivity index (χ3v) is 6.03. The monoisotopic (exact) mass is 398 g/mol. The highest BCUT2D eigenvalue weighted by atomic mass is 16.5. The predicted molar refractivity (Wildman–Crippen MR) is 120 cm³/mol. The zero-order valence-corrected chi connectivity index (χ0v) is 17.4. The van der Waals surface area contributed by atoms with E-state index in [1.807, 2.05) is 36.7 Å². The summed E-state index contributed by atoms with van der Waals surface area (Å²) in [5.41, 5.74) is 5.58. The highest BCUT2D eigenvalue weighted by Gasteiger charge is 2.21. The highest BCUT2D eigenvalue weighted by molar-refractivity contribution is 5.92. The maximum Gasteiger partial charge on any atom is 0.130 e. The van der Waals surface area contributed by atoms with Crippen LogP contribution < -0.4 is 10.1 Å². The molecule has 5 heteroatoms. The molecule has 2 aromatic carbocycles. The van der Waals surface area contributed by atoms with E-state index in [9.17, 15) is 0 Å². The number of ether oxygens (including phenoxy) is 1. The lowest BCUT2D eigenvalue weighted by Crippen LogP contribution is -2.32. The Hall–Kier alpha value is -3.18. The molecule has 4 aromatic rings. The molecule has 0 saturated carbocycles. The molecule has 1 saturated heterocycles.